The van der Waals surface area contributed by atoms with E-state index in [4.69, 9.17) is 4.74 Å². The smallest absolute Gasteiger partial charge is 0.227 e. The highest BCUT2D eigenvalue weighted by atomic mass is 32.2. The molecule has 142 valence electrons. The lowest BCUT2D eigenvalue weighted by molar-refractivity contribution is -0.115. The molecule has 27 heavy (non-hydrogen) atoms. The molecule has 0 aliphatic rings. The number of hydrogen-bond acceptors (Lipinski definition) is 6. The summed E-state index contributed by atoms with van der Waals surface area (Å²) in [6.45, 7) is 4.03. The summed E-state index contributed by atoms with van der Waals surface area (Å²) in [7, 11) is -2.03. The average molecular weight is 405 g/mol. The molecule has 2 aromatic carbocycles. The van der Waals surface area contributed by atoms with Gasteiger partial charge in [0.05, 0.1) is 28.0 Å². The van der Waals surface area contributed by atoms with Gasteiger partial charge in [0.25, 0.3) is 0 Å². The maximum atomic E-state index is 12.4. The second kappa shape index (κ2) is 7.66. The molecule has 6 nitrogen and oxygen atoms in total. The average Bonchev–Trinajstić information content (AvgIpc) is 3.01. The number of fused-ring (bicyclic) bond motifs is 1. The van der Waals surface area contributed by atoms with Gasteiger partial charge in [0.1, 0.15) is 5.75 Å². The highest BCUT2D eigenvalue weighted by molar-refractivity contribution is 7.91. The predicted octanol–water partition coefficient (Wildman–Crippen LogP) is 3.72. The van der Waals surface area contributed by atoms with Crippen LogP contribution in [0.25, 0.3) is 10.2 Å². The third kappa shape index (κ3) is 4.45. The van der Waals surface area contributed by atoms with Gasteiger partial charge < -0.3 is 10.1 Å². The number of nitrogens with zero attached hydrogens (tertiary/aromatic N) is 1. The molecule has 0 radical (unpaired) electrons. The molecule has 0 unspecified atom stereocenters. The minimum atomic E-state index is -3.54. The molecular weight excluding hydrogens is 384 g/mol. The summed E-state index contributed by atoms with van der Waals surface area (Å²) in [6, 6.07) is 10.1. The molecule has 1 amide bonds. The van der Waals surface area contributed by atoms with Gasteiger partial charge in [-0.3, -0.25) is 4.79 Å². The molecule has 0 fully saturated rings. The number of amides is 1. The third-order valence-electron chi connectivity index (χ3n) is 4.27. The van der Waals surface area contributed by atoms with Crippen molar-refractivity contribution in [3.8, 4) is 5.75 Å². The Bertz CT molecular complexity index is 1050. The number of hydrogen-bond donors (Lipinski definition) is 1. The molecular formula is C19H20N2O4S2. The van der Waals surface area contributed by atoms with Crippen LogP contribution in [0.1, 0.15) is 17.5 Å². The van der Waals surface area contributed by atoms with E-state index in [1.54, 1.807) is 12.1 Å². The summed E-state index contributed by atoms with van der Waals surface area (Å²) in [6.07, 6.45) is -0.137. The van der Waals surface area contributed by atoms with Gasteiger partial charge in [0.2, 0.25) is 5.91 Å². The minimum Gasteiger partial charge on any atom is -0.497 e. The van der Waals surface area contributed by atoms with E-state index in [-0.39, 0.29) is 23.0 Å². The van der Waals surface area contributed by atoms with Crippen LogP contribution in [0.5, 0.6) is 5.75 Å². The van der Waals surface area contributed by atoms with E-state index in [1.165, 1.54) is 30.6 Å². The highest BCUT2D eigenvalue weighted by Gasteiger charge is 2.17. The summed E-state index contributed by atoms with van der Waals surface area (Å²) in [4.78, 5) is 16.7. The van der Waals surface area contributed by atoms with Crippen LogP contribution in [0.3, 0.4) is 0 Å². The SMILES string of the molecule is COc1ccc(S(=O)(=O)CCC(=O)Nc2nc3cc(C)c(C)cc3s2)cc1. The van der Waals surface area contributed by atoms with Gasteiger partial charge in [-0.05, 0) is 61.4 Å². The van der Waals surface area contributed by atoms with Crippen LogP contribution in [0.4, 0.5) is 5.13 Å². The van der Waals surface area contributed by atoms with Crippen LogP contribution < -0.4 is 10.1 Å². The van der Waals surface area contributed by atoms with Crippen LogP contribution in [-0.4, -0.2) is 32.2 Å². The Balaban J connectivity index is 1.65. The van der Waals surface area contributed by atoms with Gasteiger partial charge in [0.15, 0.2) is 15.0 Å². The number of aromatic nitrogens is 1. The van der Waals surface area contributed by atoms with Gasteiger partial charge in [0, 0.05) is 6.42 Å². The molecule has 0 saturated carbocycles. The van der Waals surface area contributed by atoms with Crippen molar-refractivity contribution < 1.29 is 17.9 Å². The van der Waals surface area contributed by atoms with Gasteiger partial charge >= 0.3 is 0 Å². The van der Waals surface area contributed by atoms with Crippen LogP contribution in [0.15, 0.2) is 41.3 Å². The first-order valence-electron chi connectivity index (χ1n) is 8.33. The Morgan fingerprint density at radius 2 is 1.81 bits per heavy atom. The third-order valence-corrected chi connectivity index (χ3v) is 6.93. The van der Waals surface area contributed by atoms with Crippen molar-refractivity contribution in [2.45, 2.75) is 25.2 Å². The van der Waals surface area contributed by atoms with Crippen molar-refractivity contribution in [2.75, 3.05) is 18.2 Å². The fourth-order valence-corrected chi connectivity index (χ4v) is 4.75. The molecule has 0 aliphatic carbocycles. The number of nitrogens with one attached hydrogen (secondary N) is 1. The minimum absolute atomic E-state index is 0.137. The number of benzene rings is 2. The van der Waals surface area contributed by atoms with Crippen molar-refractivity contribution in [3.63, 3.8) is 0 Å². The van der Waals surface area contributed by atoms with Crippen LogP contribution in [0, 0.1) is 13.8 Å². The van der Waals surface area contributed by atoms with Crippen LogP contribution >= 0.6 is 11.3 Å². The summed E-state index contributed by atoms with van der Waals surface area (Å²) >= 11 is 1.38. The van der Waals surface area contributed by atoms with Crippen molar-refractivity contribution >= 4 is 42.4 Å². The summed E-state index contributed by atoms with van der Waals surface area (Å²) in [5.74, 6) is -0.0681. The molecule has 3 aromatic rings. The van der Waals surface area contributed by atoms with Crippen LogP contribution in [-0.2, 0) is 14.6 Å². The Kier molecular flexibility index (Phi) is 5.48. The topological polar surface area (TPSA) is 85.4 Å². The maximum absolute atomic E-state index is 12.4. The molecule has 0 spiro atoms. The number of anilines is 1. The number of carbonyl (C=O) groups is 1. The first-order valence-corrected chi connectivity index (χ1v) is 10.8. The fourth-order valence-electron chi connectivity index (χ4n) is 2.54. The molecule has 1 aromatic heterocycles. The van der Waals surface area contributed by atoms with E-state index in [9.17, 15) is 13.2 Å². The molecule has 0 atom stereocenters. The molecule has 0 saturated heterocycles. The summed E-state index contributed by atoms with van der Waals surface area (Å²) < 4.78 is 30.7. The number of carbonyl (C=O) groups excluding carboxylic acids is 1. The van der Waals surface area contributed by atoms with Crippen molar-refractivity contribution in [3.05, 3.63) is 47.5 Å². The van der Waals surface area contributed by atoms with Crippen molar-refractivity contribution in [1.82, 2.24) is 4.98 Å². The van der Waals surface area contributed by atoms with E-state index in [0.717, 1.165) is 21.3 Å². The first-order chi connectivity index (χ1) is 12.8. The van der Waals surface area contributed by atoms with E-state index >= 15 is 0 Å². The molecule has 0 aliphatic heterocycles. The predicted molar refractivity (Wildman–Crippen MR) is 107 cm³/mol. The standard InChI is InChI=1S/C19H20N2O4S2/c1-12-10-16-17(11-13(12)2)26-19(20-16)21-18(22)8-9-27(23,24)15-6-4-14(25-3)5-7-15/h4-7,10-11H,8-9H2,1-3H3,(H,20,21,22). The molecule has 0 bridgehead atoms. The normalized spacial score (nSPS) is 11.5. The molecule has 8 heteroatoms. The van der Waals surface area contributed by atoms with Crippen LogP contribution in [0.2, 0.25) is 0 Å². The van der Waals surface area contributed by atoms with E-state index in [0.29, 0.717) is 10.9 Å². The lowest BCUT2D eigenvalue weighted by Crippen LogP contribution is -2.17. The Morgan fingerprint density at radius 3 is 2.48 bits per heavy atom. The van der Waals surface area contributed by atoms with E-state index < -0.39 is 9.84 Å². The van der Waals surface area contributed by atoms with Gasteiger partial charge in [-0.15, -0.1) is 0 Å². The van der Waals surface area contributed by atoms with Gasteiger partial charge in [-0.1, -0.05) is 11.3 Å². The maximum Gasteiger partial charge on any atom is 0.227 e. The van der Waals surface area contributed by atoms with Gasteiger partial charge in [-0.25, -0.2) is 13.4 Å². The van der Waals surface area contributed by atoms with Crippen molar-refractivity contribution in [1.29, 1.82) is 0 Å². The zero-order valence-corrected chi connectivity index (χ0v) is 16.9. The number of thiazole rings is 1. The monoisotopic (exact) mass is 404 g/mol. The number of ether oxygens (including phenoxy) is 1. The number of methoxy groups -OCH3 is 1. The second-order valence-corrected chi connectivity index (χ2v) is 9.36. The number of aryl methyl sites for hydroxylation is 2. The number of rotatable bonds is 6. The Labute approximate surface area is 162 Å². The lowest BCUT2D eigenvalue weighted by atomic mass is 10.1. The fraction of sp³-hybridized carbons (Fsp3) is 0.263. The first kappa shape index (κ1) is 19.3. The Morgan fingerprint density at radius 1 is 1.15 bits per heavy atom. The highest BCUT2D eigenvalue weighted by Crippen LogP contribution is 2.28. The Hall–Kier alpha value is -2.45. The molecule has 3 rings (SSSR count). The molecule has 1 heterocycles. The quantitative estimate of drug-likeness (QED) is 0.677. The van der Waals surface area contributed by atoms with Gasteiger partial charge in [-0.2, -0.15) is 0 Å². The second-order valence-electron chi connectivity index (χ2n) is 6.22. The lowest BCUT2D eigenvalue weighted by Gasteiger charge is -2.06. The zero-order chi connectivity index (χ0) is 19.6. The largest absolute Gasteiger partial charge is 0.497 e. The molecule has 1 N–H and O–H groups in total. The summed E-state index contributed by atoms with van der Waals surface area (Å²) in [5, 5.41) is 3.17. The van der Waals surface area contributed by atoms with Crippen molar-refractivity contribution in [2.24, 2.45) is 0 Å². The van der Waals surface area contributed by atoms with E-state index in [2.05, 4.69) is 10.3 Å². The zero-order valence-electron chi connectivity index (χ0n) is 15.3. The van der Waals surface area contributed by atoms with E-state index in [1.807, 2.05) is 26.0 Å². The summed E-state index contributed by atoms with van der Waals surface area (Å²) in [5.41, 5.74) is 3.12. The number of sulfone groups is 1.